The van der Waals surface area contributed by atoms with Crippen LogP contribution in [0.4, 0.5) is 5.82 Å². The number of hydrogen-bond acceptors (Lipinski definition) is 7. The van der Waals surface area contributed by atoms with Gasteiger partial charge in [0.2, 0.25) is 5.28 Å². The van der Waals surface area contributed by atoms with Crippen LogP contribution in [0.1, 0.15) is 17.7 Å². The lowest BCUT2D eigenvalue weighted by Gasteiger charge is -2.28. The largest absolute Gasteiger partial charge is 0.481 e. The van der Waals surface area contributed by atoms with E-state index in [4.69, 9.17) is 21.4 Å². The van der Waals surface area contributed by atoms with Crippen LogP contribution in [0.5, 0.6) is 0 Å². The topological polar surface area (TPSA) is 87.6 Å². The van der Waals surface area contributed by atoms with Crippen molar-refractivity contribution in [2.45, 2.75) is 19.4 Å². The SMILES string of the molecule is O=C(O)CCCNCc1cc2nc(Cl)nc(N3CCOCC3)c2s1. The average molecular weight is 371 g/mol. The maximum atomic E-state index is 10.5. The molecule has 3 heterocycles. The fourth-order valence-electron chi connectivity index (χ4n) is 2.59. The van der Waals surface area contributed by atoms with Crippen LogP contribution in [0.25, 0.3) is 10.2 Å². The lowest BCUT2D eigenvalue weighted by Crippen LogP contribution is -2.36. The summed E-state index contributed by atoms with van der Waals surface area (Å²) < 4.78 is 6.43. The van der Waals surface area contributed by atoms with Gasteiger partial charge in [-0.1, -0.05) is 0 Å². The van der Waals surface area contributed by atoms with Crippen LogP contribution in [-0.2, 0) is 16.1 Å². The molecule has 2 aromatic rings. The summed E-state index contributed by atoms with van der Waals surface area (Å²) in [4.78, 5) is 22.6. The Morgan fingerprint density at radius 3 is 2.96 bits per heavy atom. The minimum Gasteiger partial charge on any atom is -0.481 e. The van der Waals surface area contributed by atoms with E-state index in [1.54, 1.807) is 11.3 Å². The molecule has 2 N–H and O–H groups in total. The van der Waals surface area contributed by atoms with Crippen LogP contribution < -0.4 is 10.2 Å². The van der Waals surface area contributed by atoms with Gasteiger partial charge in [-0.25, -0.2) is 4.98 Å². The number of carboxylic acid groups (broad SMARTS) is 1. The highest BCUT2D eigenvalue weighted by Crippen LogP contribution is 2.33. The number of rotatable bonds is 7. The minimum atomic E-state index is -0.765. The molecule has 0 spiro atoms. The Kier molecular flexibility index (Phi) is 5.83. The molecule has 3 rings (SSSR count). The van der Waals surface area contributed by atoms with E-state index >= 15 is 0 Å². The van der Waals surface area contributed by atoms with Crippen molar-refractivity contribution in [2.75, 3.05) is 37.7 Å². The van der Waals surface area contributed by atoms with Crippen LogP contribution in [0.2, 0.25) is 5.28 Å². The van der Waals surface area contributed by atoms with Gasteiger partial charge in [0.05, 0.1) is 23.4 Å². The second kappa shape index (κ2) is 8.06. The first kappa shape index (κ1) is 17.3. The third-order valence-electron chi connectivity index (χ3n) is 3.73. The zero-order chi connectivity index (χ0) is 16.9. The average Bonchev–Trinajstić information content (AvgIpc) is 2.97. The van der Waals surface area contributed by atoms with Crippen molar-refractivity contribution in [1.29, 1.82) is 0 Å². The Labute approximate surface area is 148 Å². The van der Waals surface area contributed by atoms with Gasteiger partial charge in [-0.15, -0.1) is 11.3 Å². The van der Waals surface area contributed by atoms with Crippen LogP contribution in [0.15, 0.2) is 6.07 Å². The Morgan fingerprint density at radius 1 is 1.42 bits per heavy atom. The molecule has 1 aliphatic heterocycles. The summed E-state index contributed by atoms with van der Waals surface area (Å²) in [5.41, 5.74) is 0.851. The van der Waals surface area contributed by atoms with Gasteiger partial charge in [0, 0.05) is 30.9 Å². The second-order valence-corrected chi connectivity index (χ2v) is 6.99. The molecule has 0 atom stereocenters. The quantitative estimate of drug-likeness (QED) is 0.570. The molecule has 130 valence electrons. The molecule has 1 fully saturated rings. The Bertz CT molecular complexity index is 718. The maximum Gasteiger partial charge on any atom is 0.303 e. The summed E-state index contributed by atoms with van der Waals surface area (Å²) in [6.07, 6.45) is 0.798. The molecule has 0 aromatic carbocycles. The number of nitrogens with one attached hydrogen (secondary N) is 1. The van der Waals surface area contributed by atoms with E-state index in [-0.39, 0.29) is 11.7 Å². The highest BCUT2D eigenvalue weighted by atomic mass is 35.5. The molecule has 0 radical (unpaired) electrons. The van der Waals surface area contributed by atoms with Crippen molar-refractivity contribution in [1.82, 2.24) is 15.3 Å². The summed E-state index contributed by atoms with van der Waals surface area (Å²) in [7, 11) is 0. The molecule has 0 bridgehead atoms. The predicted molar refractivity (Wildman–Crippen MR) is 94.0 cm³/mol. The first-order chi connectivity index (χ1) is 11.6. The number of thiophene rings is 1. The summed E-state index contributed by atoms with van der Waals surface area (Å²) in [6, 6.07) is 2.02. The van der Waals surface area contributed by atoms with Crippen molar-refractivity contribution in [3.8, 4) is 0 Å². The highest BCUT2D eigenvalue weighted by molar-refractivity contribution is 7.19. The van der Waals surface area contributed by atoms with E-state index in [0.29, 0.717) is 32.7 Å². The second-order valence-electron chi connectivity index (χ2n) is 5.52. The molecule has 1 aliphatic rings. The normalized spacial score (nSPS) is 15.1. The standard InChI is InChI=1S/C15H19ClN4O3S/c16-15-18-11-8-10(9-17-3-1-2-12(21)22)24-13(11)14(19-15)20-4-6-23-7-5-20/h8,17H,1-7,9H2,(H,21,22). The van der Waals surface area contributed by atoms with Crippen molar-refractivity contribution >= 4 is 44.9 Å². The number of fused-ring (bicyclic) bond motifs is 1. The number of anilines is 1. The summed E-state index contributed by atoms with van der Waals surface area (Å²) in [5, 5.41) is 12.2. The van der Waals surface area contributed by atoms with E-state index in [1.165, 1.54) is 0 Å². The third-order valence-corrected chi connectivity index (χ3v) is 5.02. The molecule has 0 aliphatic carbocycles. The van der Waals surface area contributed by atoms with Gasteiger partial charge in [-0.05, 0) is 30.6 Å². The number of aromatic nitrogens is 2. The molecular weight excluding hydrogens is 352 g/mol. The van der Waals surface area contributed by atoms with Gasteiger partial charge < -0.3 is 20.1 Å². The van der Waals surface area contributed by atoms with Gasteiger partial charge in [0.25, 0.3) is 0 Å². The smallest absolute Gasteiger partial charge is 0.303 e. The van der Waals surface area contributed by atoms with E-state index < -0.39 is 5.97 Å². The van der Waals surface area contributed by atoms with Crippen molar-refractivity contribution in [3.63, 3.8) is 0 Å². The molecule has 9 heteroatoms. The molecule has 2 aromatic heterocycles. The van der Waals surface area contributed by atoms with E-state index in [0.717, 1.165) is 34.0 Å². The van der Waals surface area contributed by atoms with Gasteiger partial charge in [-0.3, -0.25) is 4.79 Å². The molecule has 7 nitrogen and oxygen atoms in total. The van der Waals surface area contributed by atoms with Gasteiger partial charge in [0.15, 0.2) is 5.82 Å². The fourth-order valence-corrected chi connectivity index (χ4v) is 3.84. The summed E-state index contributed by atoms with van der Waals surface area (Å²) in [5.74, 6) is 0.106. The van der Waals surface area contributed by atoms with Crippen LogP contribution in [-0.4, -0.2) is 53.9 Å². The molecule has 24 heavy (non-hydrogen) atoms. The molecule has 0 unspecified atom stereocenters. The zero-order valence-electron chi connectivity index (χ0n) is 13.1. The maximum absolute atomic E-state index is 10.5. The lowest BCUT2D eigenvalue weighted by atomic mass is 10.3. The third kappa shape index (κ3) is 4.32. The number of carbonyl (C=O) groups is 1. The molecular formula is C15H19ClN4O3S. The van der Waals surface area contributed by atoms with Crippen molar-refractivity contribution in [2.24, 2.45) is 0 Å². The zero-order valence-corrected chi connectivity index (χ0v) is 14.7. The Balaban J connectivity index is 1.71. The molecule has 0 amide bonds. The summed E-state index contributed by atoms with van der Waals surface area (Å²) in [6.45, 7) is 4.31. The Hall–Kier alpha value is -1.48. The van der Waals surface area contributed by atoms with Gasteiger partial charge >= 0.3 is 5.97 Å². The van der Waals surface area contributed by atoms with Crippen LogP contribution in [0, 0.1) is 0 Å². The van der Waals surface area contributed by atoms with Gasteiger partial charge in [-0.2, -0.15) is 4.98 Å². The first-order valence-corrected chi connectivity index (χ1v) is 9.04. The number of hydrogen-bond donors (Lipinski definition) is 2. The summed E-state index contributed by atoms with van der Waals surface area (Å²) >= 11 is 7.73. The lowest BCUT2D eigenvalue weighted by molar-refractivity contribution is -0.137. The monoisotopic (exact) mass is 370 g/mol. The van der Waals surface area contributed by atoms with Crippen molar-refractivity contribution in [3.05, 3.63) is 16.2 Å². The van der Waals surface area contributed by atoms with E-state index in [2.05, 4.69) is 20.2 Å². The first-order valence-electron chi connectivity index (χ1n) is 7.84. The van der Waals surface area contributed by atoms with Gasteiger partial charge in [0.1, 0.15) is 0 Å². The van der Waals surface area contributed by atoms with Crippen LogP contribution in [0.3, 0.4) is 0 Å². The molecule has 0 saturated carbocycles. The van der Waals surface area contributed by atoms with Crippen LogP contribution >= 0.6 is 22.9 Å². The number of halogens is 1. The van der Waals surface area contributed by atoms with Crippen molar-refractivity contribution < 1.29 is 14.6 Å². The Morgan fingerprint density at radius 2 is 2.21 bits per heavy atom. The minimum absolute atomic E-state index is 0.182. The number of nitrogens with zero attached hydrogens (tertiary/aromatic N) is 3. The predicted octanol–water partition coefficient (Wildman–Crippen LogP) is 2.14. The number of morpholine rings is 1. The number of ether oxygens (including phenoxy) is 1. The van der Waals surface area contributed by atoms with E-state index in [9.17, 15) is 4.79 Å². The highest BCUT2D eigenvalue weighted by Gasteiger charge is 2.19. The molecule has 1 saturated heterocycles. The van der Waals surface area contributed by atoms with E-state index in [1.807, 2.05) is 6.07 Å². The number of carboxylic acids is 1. The number of aliphatic carboxylic acids is 1. The fraction of sp³-hybridized carbons (Fsp3) is 0.533.